The molecule has 160 valence electrons. The minimum absolute atomic E-state index is 0.184. The third kappa shape index (κ3) is 7.69. The first-order chi connectivity index (χ1) is 14.3. The molecule has 6 nitrogen and oxygen atoms in total. The van der Waals surface area contributed by atoms with Gasteiger partial charge in [-0.1, -0.05) is 61.3 Å². The smallest absolute Gasteiger partial charge is 0.262 e. The summed E-state index contributed by atoms with van der Waals surface area (Å²) in [6, 6.07) is 11.6. The number of amides is 2. The highest BCUT2D eigenvalue weighted by Gasteiger charge is 2.22. The van der Waals surface area contributed by atoms with E-state index in [2.05, 4.69) is 15.8 Å². The lowest BCUT2D eigenvalue weighted by Gasteiger charge is -2.19. The number of carbonyl (C=O) groups is 2. The summed E-state index contributed by atoms with van der Waals surface area (Å²) in [5.41, 5.74) is 3.99. The molecule has 0 aromatic heterocycles. The topological polar surface area (TPSA) is 79.8 Å². The Morgan fingerprint density at radius 3 is 2.57 bits per heavy atom. The third-order valence-corrected chi connectivity index (χ3v) is 4.71. The molecule has 0 aliphatic carbocycles. The monoisotopic (exact) mass is 449 g/mol. The zero-order chi connectivity index (χ0) is 22.1. The number of ether oxygens (including phenoxy) is 1. The summed E-state index contributed by atoms with van der Waals surface area (Å²) in [6.07, 6.45) is 1.88. The van der Waals surface area contributed by atoms with Gasteiger partial charge in [0, 0.05) is 10.6 Å². The maximum Gasteiger partial charge on any atom is 0.262 e. The fourth-order valence-corrected chi connectivity index (χ4v) is 3.11. The lowest BCUT2D eigenvalue weighted by molar-refractivity contribution is -0.130. The van der Waals surface area contributed by atoms with Crippen LogP contribution in [-0.2, 0) is 9.59 Å². The molecular formula is C22H25Cl2N3O3. The molecule has 0 fully saturated rings. The van der Waals surface area contributed by atoms with Crippen molar-refractivity contribution in [3.05, 3.63) is 63.6 Å². The number of para-hydroxylation sites is 1. The van der Waals surface area contributed by atoms with Crippen molar-refractivity contribution in [3.63, 3.8) is 0 Å². The van der Waals surface area contributed by atoms with Crippen LogP contribution in [0.15, 0.2) is 47.6 Å². The van der Waals surface area contributed by atoms with Gasteiger partial charge in [-0.15, -0.1) is 0 Å². The SMILES string of the molecule is Cc1ccccc1OCC(=O)N[C@H](CC(C)C)C(=O)N/N=C\c1ccc(Cl)cc1Cl. The van der Waals surface area contributed by atoms with Gasteiger partial charge in [0.05, 0.1) is 11.2 Å². The van der Waals surface area contributed by atoms with Crippen molar-refractivity contribution in [1.29, 1.82) is 0 Å². The number of nitrogens with one attached hydrogen (secondary N) is 2. The van der Waals surface area contributed by atoms with E-state index < -0.39 is 11.9 Å². The van der Waals surface area contributed by atoms with Crippen molar-refractivity contribution in [2.45, 2.75) is 33.2 Å². The summed E-state index contributed by atoms with van der Waals surface area (Å²) >= 11 is 11.9. The van der Waals surface area contributed by atoms with Gasteiger partial charge in [0.2, 0.25) is 0 Å². The summed E-state index contributed by atoms with van der Waals surface area (Å²) in [5, 5.41) is 7.58. The second-order valence-electron chi connectivity index (χ2n) is 7.20. The molecule has 2 amide bonds. The summed E-state index contributed by atoms with van der Waals surface area (Å²) < 4.78 is 5.55. The number of aryl methyl sites for hydroxylation is 1. The van der Waals surface area contributed by atoms with E-state index in [4.69, 9.17) is 27.9 Å². The molecule has 2 N–H and O–H groups in total. The Balaban J connectivity index is 1.94. The number of hydrazone groups is 1. The maximum absolute atomic E-state index is 12.5. The molecular weight excluding hydrogens is 425 g/mol. The summed E-state index contributed by atoms with van der Waals surface area (Å²) in [4.78, 5) is 24.8. The second kappa shape index (κ2) is 11.6. The Kier molecular flexibility index (Phi) is 9.15. The molecule has 0 aliphatic heterocycles. The van der Waals surface area contributed by atoms with E-state index in [-0.39, 0.29) is 18.4 Å². The van der Waals surface area contributed by atoms with Crippen LogP contribution in [0.2, 0.25) is 10.0 Å². The quantitative estimate of drug-likeness (QED) is 0.440. The molecule has 2 aromatic rings. The van der Waals surface area contributed by atoms with Crippen LogP contribution in [0, 0.1) is 12.8 Å². The Morgan fingerprint density at radius 2 is 1.90 bits per heavy atom. The van der Waals surface area contributed by atoms with Crippen LogP contribution < -0.4 is 15.5 Å². The predicted octanol–water partition coefficient (Wildman–Crippen LogP) is 4.36. The van der Waals surface area contributed by atoms with Crippen LogP contribution in [0.4, 0.5) is 0 Å². The molecule has 0 spiro atoms. The van der Waals surface area contributed by atoms with E-state index >= 15 is 0 Å². The Labute approximate surface area is 186 Å². The molecule has 2 aromatic carbocycles. The number of hydrogen-bond acceptors (Lipinski definition) is 4. The fourth-order valence-electron chi connectivity index (χ4n) is 2.65. The Morgan fingerprint density at radius 1 is 1.17 bits per heavy atom. The molecule has 0 saturated carbocycles. The molecule has 0 aliphatic rings. The van der Waals surface area contributed by atoms with Crippen LogP contribution in [0.3, 0.4) is 0 Å². The van der Waals surface area contributed by atoms with Gasteiger partial charge < -0.3 is 10.1 Å². The average Bonchev–Trinajstić information content (AvgIpc) is 2.68. The van der Waals surface area contributed by atoms with E-state index in [1.165, 1.54) is 6.21 Å². The van der Waals surface area contributed by atoms with Gasteiger partial charge in [-0.2, -0.15) is 5.10 Å². The molecule has 8 heteroatoms. The van der Waals surface area contributed by atoms with Gasteiger partial charge in [-0.05, 0) is 43.0 Å². The van der Waals surface area contributed by atoms with Crippen molar-refractivity contribution in [3.8, 4) is 5.75 Å². The zero-order valence-corrected chi connectivity index (χ0v) is 18.6. The zero-order valence-electron chi connectivity index (χ0n) is 17.1. The van der Waals surface area contributed by atoms with Crippen molar-refractivity contribution >= 4 is 41.2 Å². The molecule has 0 heterocycles. The van der Waals surface area contributed by atoms with Gasteiger partial charge in [0.25, 0.3) is 11.8 Å². The van der Waals surface area contributed by atoms with Crippen molar-refractivity contribution < 1.29 is 14.3 Å². The molecule has 1 atom stereocenters. The summed E-state index contributed by atoms with van der Waals surface area (Å²) in [7, 11) is 0. The van der Waals surface area contributed by atoms with Crippen LogP contribution in [0.5, 0.6) is 5.75 Å². The fraction of sp³-hybridized carbons (Fsp3) is 0.318. The van der Waals surface area contributed by atoms with Crippen molar-refractivity contribution in [2.75, 3.05) is 6.61 Å². The highest BCUT2D eigenvalue weighted by molar-refractivity contribution is 6.36. The first-order valence-corrected chi connectivity index (χ1v) is 10.3. The molecule has 0 radical (unpaired) electrons. The third-order valence-electron chi connectivity index (χ3n) is 4.15. The summed E-state index contributed by atoms with van der Waals surface area (Å²) in [6.45, 7) is 5.64. The van der Waals surface area contributed by atoms with Gasteiger partial charge >= 0.3 is 0 Å². The van der Waals surface area contributed by atoms with Gasteiger partial charge in [0.15, 0.2) is 6.61 Å². The van der Waals surface area contributed by atoms with Crippen molar-refractivity contribution in [2.24, 2.45) is 11.0 Å². The number of hydrogen-bond donors (Lipinski definition) is 2. The van der Waals surface area contributed by atoms with E-state index in [9.17, 15) is 9.59 Å². The van der Waals surface area contributed by atoms with E-state index in [1.54, 1.807) is 24.3 Å². The highest BCUT2D eigenvalue weighted by Crippen LogP contribution is 2.19. The number of carbonyl (C=O) groups excluding carboxylic acids is 2. The van der Waals surface area contributed by atoms with Gasteiger partial charge in [0.1, 0.15) is 11.8 Å². The van der Waals surface area contributed by atoms with Crippen LogP contribution in [0.1, 0.15) is 31.4 Å². The molecule has 30 heavy (non-hydrogen) atoms. The van der Waals surface area contributed by atoms with Crippen LogP contribution in [0.25, 0.3) is 0 Å². The minimum Gasteiger partial charge on any atom is -0.484 e. The lowest BCUT2D eigenvalue weighted by Crippen LogP contribution is -2.47. The van der Waals surface area contributed by atoms with Gasteiger partial charge in [-0.25, -0.2) is 5.43 Å². The highest BCUT2D eigenvalue weighted by atomic mass is 35.5. The van der Waals surface area contributed by atoms with Crippen LogP contribution >= 0.6 is 23.2 Å². The number of halogens is 2. The van der Waals surface area contributed by atoms with E-state index in [0.29, 0.717) is 27.8 Å². The molecule has 2 rings (SSSR count). The molecule has 0 saturated heterocycles. The number of nitrogens with zero attached hydrogens (tertiary/aromatic N) is 1. The first kappa shape index (κ1) is 23.7. The maximum atomic E-state index is 12.5. The first-order valence-electron chi connectivity index (χ1n) is 9.52. The lowest BCUT2D eigenvalue weighted by atomic mass is 10.0. The Bertz CT molecular complexity index is 916. The normalized spacial score (nSPS) is 12.1. The van der Waals surface area contributed by atoms with Crippen molar-refractivity contribution in [1.82, 2.24) is 10.7 Å². The van der Waals surface area contributed by atoms with Gasteiger partial charge in [-0.3, -0.25) is 9.59 Å². The minimum atomic E-state index is -0.740. The predicted molar refractivity (Wildman–Crippen MR) is 120 cm³/mol. The number of benzene rings is 2. The molecule has 0 bridgehead atoms. The largest absolute Gasteiger partial charge is 0.484 e. The second-order valence-corrected chi connectivity index (χ2v) is 8.05. The van der Waals surface area contributed by atoms with E-state index in [0.717, 1.165) is 5.56 Å². The number of rotatable bonds is 9. The molecule has 0 unspecified atom stereocenters. The standard InChI is InChI=1S/C22H25Cl2N3O3/c1-14(2)10-19(26-21(28)13-30-20-7-5-4-6-15(20)3)22(29)27-25-12-16-8-9-17(23)11-18(16)24/h4-9,11-12,14,19H,10,13H2,1-3H3,(H,26,28)(H,27,29)/b25-12-/t19-/m1/s1. The summed E-state index contributed by atoms with van der Waals surface area (Å²) in [5.74, 6) is 0.00744. The van der Waals surface area contributed by atoms with E-state index in [1.807, 2.05) is 39.0 Å². The Hall–Kier alpha value is -2.57. The average molecular weight is 450 g/mol. The van der Waals surface area contributed by atoms with Crippen LogP contribution in [-0.4, -0.2) is 30.7 Å².